The standard InChI is InChI=1S/C23H23N3O3S/c1-24-12-4-7-17(24)15-25(16-18-8-6-14-30-18)21(27)11-5-13-26-22(28)19-9-2-3-10-20(19)23(26)29/h2-4,6-10,12,14H,5,11,13,15-16H2,1H3. The van der Waals surface area contributed by atoms with E-state index in [4.69, 9.17) is 0 Å². The van der Waals surface area contributed by atoms with Crippen molar-refractivity contribution in [1.82, 2.24) is 14.4 Å². The summed E-state index contributed by atoms with van der Waals surface area (Å²) in [5, 5.41) is 2.00. The Labute approximate surface area is 179 Å². The Balaban J connectivity index is 1.38. The zero-order valence-electron chi connectivity index (χ0n) is 16.8. The Morgan fingerprint density at radius 1 is 0.967 bits per heavy atom. The average Bonchev–Trinajstić information content (AvgIpc) is 3.46. The molecule has 0 saturated heterocycles. The van der Waals surface area contributed by atoms with Gasteiger partial charge in [0.15, 0.2) is 0 Å². The van der Waals surface area contributed by atoms with Gasteiger partial charge in [0, 0.05) is 36.8 Å². The average molecular weight is 422 g/mol. The molecule has 0 unspecified atom stereocenters. The Bertz CT molecular complexity index is 1040. The fraction of sp³-hybridized carbons (Fsp3) is 0.261. The molecule has 3 heterocycles. The smallest absolute Gasteiger partial charge is 0.261 e. The zero-order valence-corrected chi connectivity index (χ0v) is 17.6. The molecule has 3 aromatic rings. The minimum Gasteiger partial charge on any atom is -0.353 e. The summed E-state index contributed by atoms with van der Waals surface area (Å²) >= 11 is 1.63. The number of rotatable bonds is 8. The molecule has 0 spiro atoms. The number of thiophene rings is 1. The van der Waals surface area contributed by atoms with Crippen LogP contribution in [0.2, 0.25) is 0 Å². The van der Waals surface area contributed by atoms with Crippen LogP contribution in [0.1, 0.15) is 44.1 Å². The molecular formula is C23H23N3O3S. The highest BCUT2D eigenvalue weighted by Gasteiger charge is 2.34. The van der Waals surface area contributed by atoms with E-state index in [1.807, 2.05) is 52.4 Å². The number of carbonyl (C=O) groups excluding carboxylic acids is 3. The summed E-state index contributed by atoms with van der Waals surface area (Å²) < 4.78 is 2.01. The molecule has 30 heavy (non-hydrogen) atoms. The van der Waals surface area contributed by atoms with Crippen molar-refractivity contribution >= 4 is 29.1 Å². The van der Waals surface area contributed by atoms with E-state index in [1.54, 1.807) is 35.6 Å². The third-order valence-corrected chi connectivity index (χ3v) is 6.20. The zero-order chi connectivity index (χ0) is 21.1. The van der Waals surface area contributed by atoms with Crippen LogP contribution in [0.25, 0.3) is 0 Å². The molecule has 0 fully saturated rings. The van der Waals surface area contributed by atoms with Gasteiger partial charge in [-0.3, -0.25) is 19.3 Å². The van der Waals surface area contributed by atoms with Crippen molar-refractivity contribution < 1.29 is 14.4 Å². The second-order valence-electron chi connectivity index (χ2n) is 7.35. The Hall–Kier alpha value is -3.19. The number of amides is 3. The van der Waals surface area contributed by atoms with Crippen LogP contribution >= 0.6 is 11.3 Å². The van der Waals surface area contributed by atoms with E-state index in [-0.39, 0.29) is 30.7 Å². The maximum atomic E-state index is 13.0. The van der Waals surface area contributed by atoms with Crippen molar-refractivity contribution in [2.75, 3.05) is 6.54 Å². The van der Waals surface area contributed by atoms with Gasteiger partial charge < -0.3 is 9.47 Å². The van der Waals surface area contributed by atoms with Crippen molar-refractivity contribution in [1.29, 1.82) is 0 Å². The molecule has 6 nitrogen and oxygen atoms in total. The molecule has 1 aromatic carbocycles. The molecule has 2 aromatic heterocycles. The third kappa shape index (κ3) is 4.07. The molecule has 0 atom stereocenters. The van der Waals surface area contributed by atoms with Gasteiger partial charge in [0.1, 0.15) is 0 Å². The van der Waals surface area contributed by atoms with E-state index >= 15 is 0 Å². The van der Waals surface area contributed by atoms with E-state index < -0.39 is 0 Å². The highest BCUT2D eigenvalue weighted by molar-refractivity contribution is 7.09. The SMILES string of the molecule is Cn1cccc1CN(Cc1cccs1)C(=O)CCCN1C(=O)c2ccccc2C1=O. The summed E-state index contributed by atoms with van der Waals surface area (Å²) in [7, 11) is 1.96. The number of hydrogen-bond acceptors (Lipinski definition) is 4. The second-order valence-corrected chi connectivity index (χ2v) is 8.38. The number of aromatic nitrogens is 1. The number of hydrogen-bond donors (Lipinski definition) is 0. The fourth-order valence-corrected chi connectivity index (χ4v) is 4.39. The lowest BCUT2D eigenvalue weighted by Crippen LogP contribution is -2.33. The topological polar surface area (TPSA) is 62.6 Å². The molecule has 7 heteroatoms. The summed E-state index contributed by atoms with van der Waals surface area (Å²) in [5.74, 6) is -0.536. The largest absolute Gasteiger partial charge is 0.353 e. The fourth-order valence-electron chi connectivity index (χ4n) is 3.67. The van der Waals surface area contributed by atoms with Crippen LogP contribution < -0.4 is 0 Å². The molecule has 0 bridgehead atoms. The highest BCUT2D eigenvalue weighted by atomic mass is 32.1. The molecular weight excluding hydrogens is 398 g/mol. The minimum absolute atomic E-state index is 0.0150. The lowest BCUT2D eigenvalue weighted by Gasteiger charge is -2.23. The van der Waals surface area contributed by atoms with Crippen molar-refractivity contribution in [2.45, 2.75) is 25.9 Å². The number of benzene rings is 1. The van der Waals surface area contributed by atoms with Gasteiger partial charge >= 0.3 is 0 Å². The molecule has 0 aliphatic carbocycles. The third-order valence-electron chi connectivity index (χ3n) is 5.33. The number of nitrogens with zero attached hydrogens (tertiary/aromatic N) is 3. The number of imide groups is 1. The normalized spacial score (nSPS) is 13.0. The van der Waals surface area contributed by atoms with Crippen LogP contribution in [0, 0.1) is 0 Å². The molecule has 0 radical (unpaired) electrons. The number of carbonyl (C=O) groups is 3. The van der Waals surface area contributed by atoms with Gasteiger partial charge in [0.25, 0.3) is 11.8 Å². The van der Waals surface area contributed by atoms with E-state index in [0.29, 0.717) is 30.6 Å². The maximum Gasteiger partial charge on any atom is 0.261 e. The number of aryl methyl sites for hydroxylation is 1. The Kier molecular flexibility index (Phi) is 5.81. The first-order valence-corrected chi connectivity index (χ1v) is 10.8. The molecule has 4 rings (SSSR count). The van der Waals surface area contributed by atoms with Crippen LogP contribution in [-0.2, 0) is 24.9 Å². The van der Waals surface area contributed by atoms with Crippen LogP contribution in [0.15, 0.2) is 60.1 Å². The predicted molar refractivity (Wildman–Crippen MR) is 115 cm³/mol. The summed E-state index contributed by atoms with van der Waals surface area (Å²) in [4.78, 5) is 42.2. The van der Waals surface area contributed by atoms with Crippen molar-refractivity contribution in [3.8, 4) is 0 Å². The maximum absolute atomic E-state index is 13.0. The van der Waals surface area contributed by atoms with E-state index in [2.05, 4.69) is 0 Å². The first-order valence-electron chi connectivity index (χ1n) is 9.90. The summed E-state index contributed by atoms with van der Waals surface area (Å²) in [6.45, 7) is 1.32. The molecule has 0 N–H and O–H groups in total. The lowest BCUT2D eigenvalue weighted by molar-refractivity contribution is -0.132. The molecule has 154 valence electrons. The first kappa shape index (κ1) is 20.1. The Morgan fingerprint density at radius 3 is 2.30 bits per heavy atom. The Morgan fingerprint density at radius 2 is 1.70 bits per heavy atom. The molecule has 0 saturated carbocycles. The van der Waals surface area contributed by atoms with Crippen LogP contribution in [0.3, 0.4) is 0 Å². The van der Waals surface area contributed by atoms with Gasteiger partial charge in [-0.1, -0.05) is 18.2 Å². The lowest BCUT2D eigenvalue weighted by atomic mass is 10.1. The van der Waals surface area contributed by atoms with Crippen LogP contribution in [0.5, 0.6) is 0 Å². The van der Waals surface area contributed by atoms with Crippen molar-refractivity contribution in [3.05, 3.63) is 81.8 Å². The van der Waals surface area contributed by atoms with E-state index in [1.165, 1.54) is 4.90 Å². The summed E-state index contributed by atoms with van der Waals surface area (Å²) in [5.41, 5.74) is 1.94. The van der Waals surface area contributed by atoms with Crippen molar-refractivity contribution in [2.24, 2.45) is 7.05 Å². The highest BCUT2D eigenvalue weighted by Crippen LogP contribution is 2.23. The van der Waals surface area contributed by atoms with Gasteiger partial charge in [-0.2, -0.15) is 0 Å². The first-order chi connectivity index (χ1) is 14.5. The minimum atomic E-state index is -0.276. The van der Waals surface area contributed by atoms with Gasteiger partial charge in [-0.25, -0.2) is 0 Å². The monoisotopic (exact) mass is 421 g/mol. The van der Waals surface area contributed by atoms with Gasteiger partial charge in [0.05, 0.1) is 24.2 Å². The van der Waals surface area contributed by atoms with Gasteiger partial charge in [0.2, 0.25) is 5.91 Å². The second kappa shape index (κ2) is 8.67. The summed E-state index contributed by atoms with van der Waals surface area (Å²) in [6, 6.07) is 14.8. The van der Waals surface area contributed by atoms with E-state index in [9.17, 15) is 14.4 Å². The van der Waals surface area contributed by atoms with Crippen LogP contribution in [-0.4, -0.2) is 38.6 Å². The van der Waals surface area contributed by atoms with Crippen LogP contribution in [0.4, 0.5) is 0 Å². The van der Waals surface area contributed by atoms with E-state index in [0.717, 1.165) is 10.6 Å². The quantitative estimate of drug-likeness (QED) is 0.521. The molecule has 1 aliphatic rings. The van der Waals surface area contributed by atoms with Gasteiger partial charge in [-0.05, 0) is 42.1 Å². The molecule has 1 aliphatic heterocycles. The molecule has 3 amide bonds. The predicted octanol–water partition coefficient (Wildman–Crippen LogP) is 3.69. The van der Waals surface area contributed by atoms with Gasteiger partial charge in [-0.15, -0.1) is 11.3 Å². The summed E-state index contributed by atoms with van der Waals surface area (Å²) in [6.07, 6.45) is 2.69. The number of fused-ring (bicyclic) bond motifs is 1. The van der Waals surface area contributed by atoms with Crippen molar-refractivity contribution in [3.63, 3.8) is 0 Å².